The Kier molecular flexibility index (Phi) is 4.52. The summed E-state index contributed by atoms with van der Waals surface area (Å²) in [5, 5.41) is 2.71. The van der Waals surface area contributed by atoms with E-state index < -0.39 is 12.1 Å². The van der Waals surface area contributed by atoms with Gasteiger partial charge in [-0.15, -0.1) is 0 Å². The average Bonchev–Trinajstić information content (AvgIpc) is 2.97. The van der Waals surface area contributed by atoms with Crippen LogP contribution in [0.25, 0.3) is 5.65 Å². The molecule has 6 nitrogen and oxygen atoms in total. The van der Waals surface area contributed by atoms with Crippen LogP contribution >= 0.6 is 0 Å². The lowest BCUT2D eigenvalue weighted by molar-refractivity contribution is -0.114. The maximum Gasteiger partial charge on any atom is 0.359 e. The van der Waals surface area contributed by atoms with Crippen molar-refractivity contribution < 1.29 is 14.3 Å². The highest BCUT2D eigenvalue weighted by molar-refractivity contribution is 5.89. The molecule has 2 heterocycles. The van der Waals surface area contributed by atoms with Gasteiger partial charge in [-0.2, -0.15) is 0 Å². The molecule has 1 amide bonds. The Morgan fingerprint density at radius 1 is 1.24 bits per heavy atom. The second-order valence-electron chi connectivity index (χ2n) is 5.95. The average molecular weight is 337 g/mol. The molecule has 1 aromatic carbocycles. The summed E-state index contributed by atoms with van der Waals surface area (Å²) in [5.74, 6) is -0.638. The van der Waals surface area contributed by atoms with Crippen molar-refractivity contribution in [2.45, 2.75) is 26.9 Å². The van der Waals surface area contributed by atoms with E-state index in [1.165, 1.54) is 6.92 Å². The number of benzene rings is 1. The van der Waals surface area contributed by atoms with E-state index in [9.17, 15) is 9.59 Å². The van der Waals surface area contributed by atoms with Gasteiger partial charge in [0.2, 0.25) is 5.91 Å². The number of nitrogens with one attached hydrogen (secondary N) is 1. The van der Waals surface area contributed by atoms with Gasteiger partial charge in [0.25, 0.3) is 0 Å². The number of rotatable bonds is 4. The lowest BCUT2D eigenvalue weighted by Gasteiger charge is -2.14. The van der Waals surface area contributed by atoms with Crippen molar-refractivity contribution in [2.24, 2.45) is 0 Å². The van der Waals surface area contributed by atoms with E-state index in [4.69, 9.17) is 4.74 Å². The number of esters is 1. The predicted octanol–water partition coefficient (Wildman–Crippen LogP) is 3.52. The summed E-state index contributed by atoms with van der Waals surface area (Å²) in [6.45, 7) is 5.20. The Bertz CT molecular complexity index is 946. The first-order valence-electron chi connectivity index (χ1n) is 7.96. The fraction of sp³-hybridized carbons (Fsp3) is 0.211. The number of hydrogen-bond acceptors (Lipinski definition) is 4. The second kappa shape index (κ2) is 6.76. The molecule has 1 atom stereocenters. The van der Waals surface area contributed by atoms with Crippen molar-refractivity contribution in [1.29, 1.82) is 0 Å². The van der Waals surface area contributed by atoms with Crippen molar-refractivity contribution in [2.75, 3.05) is 5.32 Å². The van der Waals surface area contributed by atoms with E-state index in [1.807, 2.05) is 31.3 Å². The van der Waals surface area contributed by atoms with Crippen molar-refractivity contribution in [3.63, 3.8) is 0 Å². The summed E-state index contributed by atoms with van der Waals surface area (Å²) < 4.78 is 7.30. The number of anilines is 1. The van der Waals surface area contributed by atoms with Gasteiger partial charge in [0.15, 0.2) is 5.69 Å². The first kappa shape index (κ1) is 16.7. The number of aromatic nitrogens is 2. The summed E-state index contributed by atoms with van der Waals surface area (Å²) in [6, 6.07) is 11.1. The van der Waals surface area contributed by atoms with Crippen LogP contribution in [0.2, 0.25) is 0 Å². The van der Waals surface area contributed by atoms with Crippen molar-refractivity contribution >= 4 is 23.2 Å². The van der Waals surface area contributed by atoms with E-state index in [-0.39, 0.29) is 11.6 Å². The number of fused-ring (bicyclic) bond motifs is 1. The zero-order valence-corrected chi connectivity index (χ0v) is 14.3. The Morgan fingerprint density at radius 3 is 2.80 bits per heavy atom. The largest absolute Gasteiger partial charge is 0.453 e. The van der Waals surface area contributed by atoms with Crippen LogP contribution in [-0.4, -0.2) is 21.3 Å². The topological polar surface area (TPSA) is 72.7 Å². The fourth-order valence-electron chi connectivity index (χ4n) is 2.54. The Morgan fingerprint density at radius 2 is 2.04 bits per heavy atom. The van der Waals surface area contributed by atoms with Gasteiger partial charge in [0.1, 0.15) is 11.8 Å². The number of carbonyl (C=O) groups excluding carboxylic acids is 2. The summed E-state index contributed by atoms with van der Waals surface area (Å²) >= 11 is 0. The third-order valence-corrected chi connectivity index (χ3v) is 3.79. The van der Waals surface area contributed by atoms with Crippen LogP contribution in [0.5, 0.6) is 0 Å². The molecule has 0 unspecified atom stereocenters. The standard InChI is InChI=1S/C19H19N3O3/c1-12-7-8-22-11-17(21-18(22)9-12)19(24)25-13(2)15-5-4-6-16(10-15)20-14(3)23/h4-11,13H,1-3H3,(H,20,23)/t13-/m0/s1. The highest BCUT2D eigenvalue weighted by Crippen LogP contribution is 2.22. The molecule has 6 heteroatoms. The summed E-state index contributed by atoms with van der Waals surface area (Å²) in [7, 11) is 0. The van der Waals surface area contributed by atoms with Crippen molar-refractivity contribution in [3.8, 4) is 0 Å². The molecule has 0 radical (unpaired) electrons. The van der Waals surface area contributed by atoms with Crippen LogP contribution in [0.15, 0.2) is 48.8 Å². The lowest BCUT2D eigenvalue weighted by atomic mass is 10.1. The highest BCUT2D eigenvalue weighted by Gasteiger charge is 2.17. The Balaban J connectivity index is 1.76. The molecular weight excluding hydrogens is 318 g/mol. The fourth-order valence-corrected chi connectivity index (χ4v) is 2.54. The number of amides is 1. The van der Waals surface area contributed by atoms with Crippen LogP contribution in [-0.2, 0) is 9.53 Å². The number of carbonyl (C=O) groups is 2. The molecule has 3 aromatic rings. The molecular formula is C19H19N3O3. The van der Waals surface area contributed by atoms with Crippen LogP contribution in [0, 0.1) is 6.92 Å². The van der Waals surface area contributed by atoms with Crippen LogP contribution < -0.4 is 5.32 Å². The van der Waals surface area contributed by atoms with E-state index in [0.29, 0.717) is 11.3 Å². The third-order valence-electron chi connectivity index (χ3n) is 3.79. The molecule has 0 spiro atoms. The lowest BCUT2D eigenvalue weighted by Crippen LogP contribution is -2.10. The highest BCUT2D eigenvalue weighted by atomic mass is 16.5. The zero-order valence-electron chi connectivity index (χ0n) is 14.3. The minimum absolute atomic E-state index is 0.151. The quantitative estimate of drug-likeness (QED) is 0.739. The van der Waals surface area contributed by atoms with Crippen LogP contribution in [0.4, 0.5) is 5.69 Å². The van der Waals surface area contributed by atoms with Crippen molar-refractivity contribution in [3.05, 3.63) is 65.6 Å². The molecule has 0 saturated carbocycles. The number of imidazole rings is 1. The normalized spacial score (nSPS) is 12.0. The molecule has 25 heavy (non-hydrogen) atoms. The molecule has 128 valence electrons. The minimum Gasteiger partial charge on any atom is -0.453 e. The first-order chi connectivity index (χ1) is 11.9. The molecule has 0 saturated heterocycles. The number of hydrogen-bond donors (Lipinski definition) is 1. The first-order valence-corrected chi connectivity index (χ1v) is 7.96. The summed E-state index contributed by atoms with van der Waals surface area (Å²) in [6.07, 6.45) is 3.04. The minimum atomic E-state index is -0.487. The predicted molar refractivity (Wildman–Crippen MR) is 94.5 cm³/mol. The van der Waals surface area contributed by atoms with Crippen LogP contribution in [0.1, 0.15) is 41.6 Å². The van der Waals surface area contributed by atoms with Gasteiger partial charge in [0.05, 0.1) is 0 Å². The number of nitrogens with zero attached hydrogens (tertiary/aromatic N) is 2. The molecule has 0 bridgehead atoms. The van der Waals surface area contributed by atoms with Gasteiger partial charge in [0, 0.05) is 25.0 Å². The maximum absolute atomic E-state index is 12.4. The number of ether oxygens (including phenoxy) is 1. The van der Waals surface area contributed by atoms with Gasteiger partial charge >= 0.3 is 5.97 Å². The second-order valence-corrected chi connectivity index (χ2v) is 5.95. The van der Waals surface area contributed by atoms with E-state index in [0.717, 1.165) is 11.1 Å². The molecule has 0 fully saturated rings. The van der Waals surface area contributed by atoms with E-state index in [2.05, 4.69) is 10.3 Å². The summed E-state index contributed by atoms with van der Waals surface area (Å²) in [5.41, 5.74) is 3.49. The Hall–Kier alpha value is -3.15. The monoisotopic (exact) mass is 337 g/mol. The smallest absolute Gasteiger partial charge is 0.359 e. The third kappa shape index (κ3) is 3.85. The molecule has 1 N–H and O–H groups in total. The number of aryl methyl sites for hydroxylation is 1. The van der Waals surface area contributed by atoms with Gasteiger partial charge in [-0.3, -0.25) is 4.79 Å². The van der Waals surface area contributed by atoms with Crippen LogP contribution in [0.3, 0.4) is 0 Å². The Labute approximate surface area is 145 Å². The molecule has 0 aliphatic heterocycles. The summed E-state index contributed by atoms with van der Waals surface area (Å²) in [4.78, 5) is 27.8. The van der Waals surface area contributed by atoms with Gasteiger partial charge in [-0.25, -0.2) is 9.78 Å². The zero-order chi connectivity index (χ0) is 18.0. The molecule has 3 rings (SSSR count). The van der Waals surface area contributed by atoms with Gasteiger partial charge < -0.3 is 14.5 Å². The van der Waals surface area contributed by atoms with E-state index in [1.54, 1.807) is 35.7 Å². The van der Waals surface area contributed by atoms with Gasteiger partial charge in [-0.1, -0.05) is 12.1 Å². The molecule has 0 aliphatic carbocycles. The van der Waals surface area contributed by atoms with E-state index >= 15 is 0 Å². The molecule has 0 aliphatic rings. The molecule has 2 aromatic heterocycles. The number of pyridine rings is 1. The maximum atomic E-state index is 12.4. The SMILES string of the molecule is CC(=O)Nc1cccc([C@H](C)OC(=O)c2cn3ccc(C)cc3n2)c1. The van der Waals surface area contributed by atoms with Gasteiger partial charge in [-0.05, 0) is 49.2 Å². The van der Waals surface area contributed by atoms with Crippen molar-refractivity contribution in [1.82, 2.24) is 9.38 Å².